The Kier molecular flexibility index (Phi) is 2.87. The van der Waals surface area contributed by atoms with Crippen LogP contribution in [0.1, 0.15) is 31.2 Å². The van der Waals surface area contributed by atoms with E-state index < -0.39 is 0 Å². The summed E-state index contributed by atoms with van der Waals surface area (Å²) >= 11 is 0. The highest BCUT2D eigenvalue weighted by Crippen LogP contribution is 2.44. The summed E-state index contributed by atoms with van der Waals surface area (Å²) in [7, 11) is 0. The van der Waals surface area contributed by atoms with Crippen molar-refractivity contribution in [2.24, 2.45) is 17.6 Å². The van der Waals surface area contributed by atoms with Crippen molar-refractivity contribution in [3.8, 4) is 0 Å². The van der Waals surface area contributed by atoms with Crippen LogP contribution in [0, 0.1) is 11.8 Å². The Morgan fingerprint density at radius 1 is 1.29 bits per heavy atom. The van der Waals surface area contributed by atoms with Crippen LogP contribution < -0.4 is 5.73 Å². The van der Waals surface area contributed by atoms with Crippen LogP contribution in [0.25, 0.3) is 0 Å². The molecule has 0 heterocycles. The second-order valence-electron chi connectivity index (χ2n) is 4.55. The molecule has 1 nitrogen and oxygen atoms in total. The first kappa shape index (κ1) is 9.72. The molecule has 1 unspecified atom stereocenters. The molecule has 1 atom stereocenters. The molecule has 1 saturated carbocycles. The van der Waals surface area contributed by atoms with Crippen molar-refractivity contribution < 1.29 is 0 Å². The number of rotatable bonds is 3. The molecule has 0 saturated heterocycles. The van der Waals surface area contributed by atoms with E-state index in [0.717, 1.165) is 18.4 Å². The average Bonchev–Trinajstić information content (AvgIpc) is 2.17. The molecule has 0 radical (unpaired) electrons. The fraction of sp³-hybridized carbons (Fsp3) is 0.538. The highest BCUT2D eigenvalue weighted by atomic mass is 14.6. The quantitative estimate of drug-likeness (QED) is 0.777. The Morgan fingerprint density at radius 2 is 1.93 bits per heavy atom. The van der Waals surface area contributed by atoms with Crippen LogP contribution in [0.15, 0.2) is 30.3 Å². The molecule has 1 fully saturated rings. The Bertz CT molecular complexity index is 275. The van der Waals surface area contributed by atoms with Gasteiger partial charge in [-0.15, -0.1) is 0 Å². The molecule has 76 valence electrons. The molecule has 1 heteroatoms. The summed E-state index contributed by atoms with van der Waals surface area (Å²) in [6.07, 6.45) is 2.67. The minimum atomic E-state index is 0.704. The van der Waals surface area contributed by atoms with Gasteiger partial charge >= 0.3 is 0 Å². The maximum Gasteiger partial charge on any atom is -0.00488 e. The molecule has 14 heavy (non-hydrogen) atoms. The van der Waals surface area contributed by atoms with Crippen molar-refractivity contribution in [1.82, 2.24) is 0 Å². The molecule has 0 aliphatic heterocycles. The first-order valence-corrected chi connectivity index (χ1v) is 5.56. The zero-order valence-corrected chi connectivity index (χ0v) is 8.82. The fourth-order valence-electron chi connectivity index (χ4n) is 2.32. The van der Waals surface area contributed by atoms with Crippen molar-refractivity contribution in [2.45, 2.75) is 25.7 Å². The molecule has 0 amide bonds. The number of hydrogen-bond donors (Lipinski definition) is 1. The molecule has 0 spiro atoms. The van der Waals surface area contributed by atoms with Crippen LogP contribution in [0.3, 0.4) is 0 Å². The minimum absolute atomic E-state index is 0.704. The van der Waals surface area contributed by atoms with Crippen LogP contribution in [-0.4, -0.2) is 6.54 Å². The summed E-state index contributed by atoms with van der Waals surface area (Å²) in [5.41, 5.74) is 7.17. The fourth-order valence-corrected chi connectivity index (χ4v) is 2.32. The summed E-state index contributed by atoms with van der Waals surface area (Å²) < 4.78 is 0. The molecule has 1 aliphatic rings. The molecule has 0 bridgehead atoms. The predicted octanol–water partition coefficient (Wildman–Crippen LogP) is 2.78. The maximum absolute atomic E-state index is 5.67. The Hall–Kier alpha value is -0.820. The van der Waals surface area contributed by atoms with Gasteiger partial charge in [0.25, 0.3) is 0 Å². The van der Waals surface area contributed by atoms with Crippen molar-refractivity contribution in [2.75, 3.05) is 6.54 Å². The lowest BCUT2D eigenvalue weighted by atomic mass is 9.66. The van der Waals surface area contributed by atoms with Gasteiger partial charge in [0.1, 0.15) is 0 Å². The largest absolute Gasteiger partial charge is 0.330 e. The maximum atomic E-state index is 5.67. The zero-order valence-electron chi connectivity index (χ0n) is 8.82. The summed E-state index contributed by atoms with van der Waals surface area (Å²) in [6, 6.07) is 10.8. The standard InChI is InChI=1S/C13H19N/c1-10(9-14)12-7-13(8-12)11-5-3-2-4-6-11/h2-6,10,12-13H,7-9,14H2,1H3. The molecule has 1 aliphatic carbocycles. The van der Waals surface area contributed by atoms with E-state index in [2.05, 4.69) is 37.3 Å². The van der Waals surface area contributed by atoms with Gasteiger partial charge in [0.2, 0.25) is 0 Å². The molecule has 2 rings (SSSR count). The van der Waals surface area contributed by atoms with Crippen molar-refractivity contribution in [3.63, 3.8) is 0 Å². The molecule has 1 aromatic rings. The van der Waals surface area contributed by atoms with Gasteiger partial charge < -0.3 is 5.73 Å². The van der Waals surface area contributed by atoms with Gasteiger partial charge in [-0.05, 0) is 42.7 Å². The third-order valence-electron chi connectivity index (χ3n) is 3.62. The van der Waals surface area contributed by atoms with E-state index in [1.54, 1.807) is 0 Å². The second-order valence-corrected chi connectivity index (χ2v) is 4.55. The summed E-state index contributed by atoms with van der Waals surface area (Å²) in [5.74, 6) is 2.37. The molecular weight excluding hydrogens is 170 g/mol. The Labute approximate surface area is 86.3 Å². The predicted molar refractivity (Wildman–Crippen MR) is 60.1 cm³/mol. The Morgan fingerprint density at radius 3 is 2.50 bits per heavy atom. The van der Waals surface area contributed by atoms with E-state index in [9.17, 15) is 0 Å². The van der Waals surface area contributed by atoms with E-state index in [0.29, 0.717) is 5.92 Å². The molecular formula is C13H19N. The van der Waals surface area contributed by atoms with Crippen LogP contribution in [0.4, 0.5) is 0 Å². The number of nitrogens with two attached hydrogens (primary N) is 1. The highest BCUT2D eigenvalue weighted by Gasteiger charge is 2.32. The van der Waals surface area contributed by atoms with Gasteiger partial charge in [-0.2, -0.15) is 0 Å². The van der Waals surface area contributed by atoms with Crippen LogP contribution in [-0.2, 0) is 0 Å². The van der Waals surface area contributed by atoms with E-state index in [1.807, 2.05) is 0 Å². The molecule has 2 N–H and O–H groups in total. The first-order valence-electron chi connectivity index (χ1n) is 5.56. The van der Waals surface area contributed by atoms with E-state index in [4.69, 9.17) is 5.73 Å². The lowest BCUT2D eigenvalue weighted by Gasteiger charge is -2.39. The van der Waals surface area contributed by atoms with Gasteiger partial charge in [0.15, 0.2) is 0 Å². The van der Waals surface area contributed by atoms with Gasteiger partial charge in [-0.25, -0.2) is 0 Å². The van der Waals surface area contributed by atoms with E-state index in [-0.39, 0.29) is 0 Å². The topological polar surface area (TPSA) is 26.0 Å². The van der Waals surface area contributed by atoms with Gasteiger partial charge in [0, 0.05) is 0 Å². The molecule has 1 aromatic carbocycles. The van der Waals surface area contributed by atoms with Crippen LogP contribution >= 0.6 is 0 Å². The van der Waals surface area contributed by atoms with Gasteiger partial charge in [-0.1, -0.05) is 37.3 Å². The summed E-state index contributed by atoms with van der Waals surface area (Å²) in [5, 5.41) is 0. The SMILES string of the molecule is CC(CN)C1CC(c2ccccc2)C1. The molecule has 0 aromatic heterocycles. The number of benzene rings is 1. The highest BCUT2D eigenvalue weighted by molar-refractivity contribution is 5.22. The monoisotopic (exact) mass is 189 g/mol. The second kappa shape index (κ2) is 4.14. The minimum Gasteiger partial charge on any atom is -0.330 e. The van der Waals surface area contributed by atoms with Crippen LogP contribution in [0.5, 0.6) is 0 Å². The summed E-state index contributed by atoms with van der Waals surface area (Å²) in [4.78, 5) is 0. The van der Waals surface area contributed by atoms with Gasteiger partial charge in [-0.3, -0.25) is 0 Å². The zero-order chi connectivity index (χ0) is 9.97. The first-order chi connectivity index (χ1) is 6.81. The lowest BCUT2D eigenvalue weighted by Crippen LogP contribution is -2.31. The third-order valence-corrected chi connectivity index (χ3v) is 3.62. The van der Waals surface area contributed by atoms with E-state index in [1.165, 1.54) is 18.4 Å². The Balaban J connectivity index is 1.89. The van der Waals surface area contributed by atoms with Gasteiger partial charge in [0.05, 0.1) is 0 Å². The third kappa shape index (κ3) is 1.83. The van der Waals surface area contributed by atoms with Crippen molar-refractivity contribution in [3.05, 3.63) is 35.9 Å². The smallest absolute Gasteiger partial charge is 0.00488 e. The number of hydrogen-bond acceptors (Lipinski definition) is 1. The van der Waals surface area contributed by atoms with E-state index >= 15 is 0 Å². The lowest BCUT2D eigenvalue weighted by molar-refractivity contribution is 0.189. The van der Waals surface area contributed by atoms with Crippen molar-refractivity contribution >= 4 is 0 Å². The normalized spacial score (nSPS) is 28.1. The summed E-state index contributed by atoms with van der Waals surface area (Å²) in [6.45, 7) is 3.11. The average molecular weight is 189 g/mol. The van der Waals surface area contributed by atoms with Crippen molar-refractivity contribution in [1.29, 1.82) is 0 Å². The van der Waals surface area contributed by atoms with Crippen LogP contribution in [0.2, 0.25) is 0 Å².